The van der Waals surface area contributed by atoms with Crippen LogP contribution in [-0.2, 0) is 11.2 Å². The number of hydrogen-bond donors (Lipinski definition) is 0. The van der Waals surface area contributed by atoms with Gasteiger partial charge in [-0.15, -0.1) is 0 Å². The molecule has 0 aliphatic heterocycles. The molecule has 1 aromatic heterocycles. The van der Waals surface area contributed by atoms with Crippen LogP contribution in [0.3, 0.4) is 0 Å². The van der Waals surface area contributed by atoms with E-state index in [0.717, 1.165) is 34.7 Å². The summed E-state index contributed by atoms with van der Waals surface area (Å²) in [6, 6.07) is 0. The number of aromatic nitrogens is 1. The van der Waals surface area contributed by atoms with Crippen LogP contribution in [-0.4, -0.2) is 29.4 Å². The van der Waals surface area contributed by atoms with Crippen molar-refractivity contribution in [3.63, 3.8) is 0 Å². The standard InChI is InChI=1S/C14H21NO2S/c1-5-6-18-9-12(16)7-13-11(3)14(17-4)10(2)8-15-13/h8H,5-7,9H2,1-4H3. The van der Waals surface area contributed by atoms with E-state index in [0.29, 0.717) is 12.2 Å². The first-order valence-corrected chi connectivity index (χ1v) is 7.34. The Hall–Kier alpha value is -1.03. The topological polar surface area (TPSA) is 39.2 Å². The average Bonchev–Trinajstić information content (AvgIpc) is 2.34. The molecule has 1 aromatic rings. The van der Waals surface area contributed by atoms with Gasteiger partial charge in [-0.2, -0.15) is 11.8 Å². The highest BCUT2D eigenvalue weighted by molar-refractivity contribution is 7.99. The fourth-order valence-electron chi connectivity index (χ4n) is 1.82. The molecule has 0 spiro atoms. The van der Waals surface area contributed by atoms with Gasteiger partial charge in [0.25, 0.3) is 0 Å². The highest BCUT2D eigenvalue weighted by Crippen LogP contribution is 2.24. The Morgan fingerprint density at radius 2 is 2.17 bits per heavy atom. The van der Waals surface area contributed by atoms with Crippen LogP contribution in [0.4, 0.5) is 0 Å². The molecule has 100 valence electrons. The van der Waals surface area contributed by atoms with Crippen molar-refractivity contribution in [3.05, 3.63) is 23.0 Å². The van der Waals surface area contributed by atoms with Gasteiger partial charge in [-0.25, -0.2) is 0 Å². The molecule has 18 heavy (non-hydrogen) atoms. The zero-order valence-electron chi connectivity index (χ0n) is 11.6. The average molecular weight is 267 g/mol. The van der Waals surface area contributed by atoms with Gasteiger partial charge in [-0.3, -0.25) is 9.78 Å². The van der Waals surface area contributed by atoms with Gasteiger partial charge in [0.05, 0.1) is 18.6 Å². The number of carbonyl (C=O) groups excluding carboxylic acids is 1. The number of carbonyl (C=O) groups is 1. The normalized spacial score (nSPS) is 10.4. The largest absolute Gasteiger partial charge is 0.496 e. The molecule has 0 unspecified atom stereocenters. The van der Waals surface area contributed by atoms with Gasteiger partial charge < -0.3 is 4.74 Å². The summed E-state index contributed by atoms with van der Waals surface area (Å²) in [5, 5.41) is 0. The van der Waals surface area contributed by atoms with Crippen molar-refractivity contribution in [2.75, 3.05) is 18.6 Å². The zero-order valence-corrected chi connectivity index (χ0v) is 12.4. The van der Waals surface area contributed by atoms with Gasteiger partial charge in [0.15, 0.2) is 0 Å². The van der Waals surface area contributed by atoms with Gasteiger partial charge in [-0.1, -0.05) is 6.92 Å². The predicted octanol–water partition coefficient (Wildman–Crippen LogP) is 2.96. The number of pyridine rings is 1. The van der Waals surface area contributed by atoms with Gasteiger partial charge in [0.2, 0.25) is 0 Å². The number of ether oxygens (including phenoxy) is 1. The molecule has 0 saturated carbocycles. The van der Waals surface area contributed by atoms with E-state index in [2.05, 4.69) is 11.9 Å². The molecule has 3 nitrogen and oxygen atoms in total. The van der Waals surface area contributed by atoms with Crippen molar-refractivity contribution >= 4 is 17.5 Å². The van der Waals surface area contributed by atoms with E-state index in [1.54, 1.807) is 25.1 Å². The summed E-state index contributed by atoms with van der Waals surface area (Å²) in [4.78, 5) is 16.2. The van der Waals surface area contributed by atoms with Gasteiger partial charge in [0, 0.05) is 23.7 Å². The monoisotopic (exact) mass is 267 g/mol. The van der Waals surface area contributed by atoms with E-state index in [-0.39, 0.29) is 5.78 Å². The first-order valence-electron chi connectivity index (χ1n) is 6.18. The summed E-state index contributed by atoms with van der Waals surface area (Å²) >= 11 is 1.69. The number of nitrogens with zero attached hydrogens (tertiary/aromatic N) is 1. The predicted molar refractivity (Wildman–Crippen MR) is 76.6 cm³/mol. The maximum Gasteiger partial charge on any atom is 0.148 e. The van der Waals surface area contributed by atoms with Crippen LogP contribution in [0, 0.1) is 13.8 Å². The summed E-state index contributed by atoms with van der Waals surface area (Å²) in [5.74, 6) is 2.68. The maximum absolute atomic E-state index is 11.8. The Balaban J connectivity index is 2.70. The van der Waals surface area contributed by atoms with E-state index in [1.165, 1.54) is 0 Å². The number of thioether (sulfide) groups is 1. The summed E-state index contributed by atoms with van der Waals surface area (Å²) in [6.07, 6.45) is 3.28. The minimum absolute atomic E-state index is 0.231. The zero-order chi connectivity index (χ0) is 13.5. The number of aryl methyl sites for hydroxylation is 1. The summed E-state index contributed by atoms with van der Waals surface area (Å²) in [7, 11) is 1.65. The van der Waals surface area contributed by atoms with E-state index in [4.69, 9.17) is 4.74 Å². The minimum Gasteiger partial charge on any atom is -0.496 e. The Morgan fingerprint density at radius 1 is 1.44 bits per heavy atom. The lowest BCUT2D eigenvalue weighted by Gasteiger charge is -2.11. The fraction of sp³-hybridized carbons (Fsp3) is 0.571. The minimum atomic E-state index is 0.231. The molecule has 0 bridgehead atoms. The van der Waals surface area contributed by atoms with Crippen LogP contribution >= 0.6 is 11.8 Å². The third kappa shape index (κ3) is 4.02. The van der Waals surface area contributed by atoms with Gasteiger partial charge in [-0.05, 0) is 26.0 Å². The molecule has 4 heteroatoms. The van der Waals surface area contributed by atoms with E-state index in [1.807, 2.05) is 13.8 Å². The van der Waals surface area contributed by atoms with Crippen LogP contribution in [0.15, 0.2) is 6.20 Å². The summed E-state index contributed by atoms with van der Waals surface area (Å²) < 4.78 is 5.34. The molecule has 0 fully saturated rings. The lowest BCUT2D eigenvalue weighted by molar-refractivity contribution is -0.116. The van der Waals surface area contributed by atoms with Crippen molar-refractivity contribution in [2.45, 2.75) is 33.6 Å². The number of hydrogen-bond acceptors (Lipinski definition) is 4. The highest BCUT2D eigenvalue weighted by Gasteiger charge is 2.12. The van der Waals surface area contributed by atoms with Gasteiger partial charge >= 0.3 is 0 Å². The van der Waals surface area contributed by atoms with Crippen LogP contribution in [0.2, 0.25) is 0 Å². The first-order chi connectivity index (χ1) is 8.60. The molecule has 0 atom stereocenters. The number of Topliss-reactive ketones (excluding diaryl/α,β-unsaturated/α-hetero) is 1. The third-order valence-electron chi connectivity index (χ3n) is 2.73. The van der Waals surface area contributed by atoms with Crippen molar-refractivity contribution in [3.8, 4) is 5.75 Å². The lowest BCUT2D eigenvalue weighted by Crippen LogP contribution is -2.10. The lowest BCUT2D eigenvalue weighted by atomic mass is 10.1. The summed E-state index contributed by atoms with van der Waals surface area (Å²) in [5.41, 5.74) is 2.82. The van der Waals surface area contributed by atoms with Crippen molar-refractivity contribution in [1.29, 1.82) is 0 Å². The second-order valence-corrected chi connectivity index (χ2v) is 5.42. The molecule has 0 saturated heterocycles. The second-order valence-electron chi connectivity index (χ2n) is 4.31. The molecule has 1 rings (SSSR count). The molecule has 1 heterocycles. The Labute approximate surface area is 113 Å². The smallest absolute Gasteiger partial charge is 0.148 e. The molecule has 0 aliphatic rings. The first kappa shape index (κ1) is 15.0. The van der Waals surface area contributed by atoms with Crippen LogP contribution in [0.1, 0.15) is 30.2 Å². The molecular formula is C14H21NO2S. The highest BCUT2D eigenvalue weighted by atomic mass is 32.2. The van der Waals surface area contributed by atoms with Crippen LogP contribution in [0.5, 0.6) is 5.75 Å². The van der Waals surface area contributed by atoms with Crippen LogP contribution < -0.4 is 4.74 Å². The SMILES string of the molecule is CCCSCC(=O)Cc1ncc(C)c(OC)c1C. The number of methoxy groups -OCH3 is 1. The molecule has 0 aromatic carbocycles. The molecule has 0 radical (unpaired) electrons. The molecule has 0 aliphatic carbocycles. The number of ketones is 1. The Kier molecular flexibility index (Phi) is 6.19. The van der Waals surface area contributed by atoms with E-state index < -0.39 is 0 Å². The van der Waals surface area contributed by atoms with E-state index >= 15 is 0 Å². The van der Waals surface area contributed by atoms with Crippen molar-refractivity contribution in [2.24, 2.45) is 0 Å². The van der Waals surface area contributed by atoms with Crippen molar-refractivity contribution in [1.82, 2.24) is 4.98 Å². The Bertz CT molecular complexity index is 419. The second kappa shape index (κ2) is 7.41. The Morgan fingerprint density at radius 3 is 2.78 bits per heavy atom. The number of rotatable bonds is 7. The van der Waals surface area contributed by atoms with Crippen LogP contribution in [0.25, 0.3) is 0 Å². The third-order valence-corrected chi connectivity index (χ3v) is 3.95. The van der Waals surface area contributed by atoms with Gasteiger partial charge in [0.1, 0.15) is 11.5 Å². The molecular weight excluding hydrogens is 246 g/mol. The summed E-state index contributed by atoms with van der Waals surface area (Å²) in [6.45, 7) is 6.04. The van der Waals surface area contributed by atoms with E-state index in [9.17, 15) is 4.79 Å². The maximum atomic E-state index is 11.8. The fourth-order valence-corrected chi connectivity index (χ4v) is 2.58. The van der Waals surface area contributed by atoms with Crippen molar-refractivity contribution < 1.29 is 9.53 Å². The molecule has 0 amide bonds. The quantitative estimate of drug-likeness (QED) is 0.712. The molecule has 0 N–H and O–H groups in total.